The Morgan fingerprint density at radius 1 is 0.780 bits per heavy atom. The molecule has 0 radical (unpaired) electrons. The highest BCUT2D eigenvalue weighted by molar-refractivity contribution is 6.81. The van der Waals surface area contributed by atoms with Crippen LogP contribution in [0, 0.1) is 29.6 Å². The summed E-state index contributed by atoms with van der Waals surface area (Å²) in [5.74, 6) is 5.94. The molecule has 1 aromatic carbocycles. The minimum atomic E-state index is -1.42. The fraction of sp³-hybridized carbons (Fsp3) is 0.846. The zero-order valence-corrected chi connectivity index (χ0v) is 29.4. The van der Waals surface area contributed by atoms with Gasteiger partial charge in [0.15, 0.2) is 0 Å². The van der Waals surface area contributed by atoms with Crippen molar-refractivity contribution in [3.63, 3.8) is 0 Å². The highest BCUT2D eigenvalue weighted by Crippen LogP contribution is 2.66. The lowest BCUT2D eigenvalue weighted by Gasteiger charge is -2.49. The van der Waals surface area contributed by atoms with Crippen LogP contribution in [0.2, 0.25) is 23.7 Å². The van der Waals surface area contributed by atoms with Gasteiger partial charge in [0.2, 0.25) is 0 Å². The number of rotatable bonds is 10. The van der Waals surface area contributed by atoms with Crippen molar-refractivity contribution in [1.82, 2.24) is 0 Å². The molecule has 4 saturated carbocycles. The molecule has 2 heteroatoms. The van der Waals surface area contributed by atoms with Gasteiger partial charge in [-0.25, -0.2) is 0 Å². The predicted molar refractivity (Wildman–Crippen MR) is 183 cm³/mol. The molecule has 41 heavy (non-hydrogen) atoms. The molecule has 0 saturated heterocycles. The van der Waals surface area contributed by atoms with E-state index in [9.17, 15) is 0 Å². The zero-order valence-electron chi connectivity index (χ0n) is 28.4. The Hall–Kier alpha value is -0.603. The van der Waals surface area contributed by atoms with Gasteiger partial charge in [-0.1, -0.05) is 141 Å². The minimum Gasteiger partial charge on any atom is -0.376 e. The molecule has 234 valence electrons. The van der Waals surface area contributed by atoms with Gasteiger partial charge in [0, 0.05) is 6.61 Å². The Balaban J connectivity index is 0.00000124. The Kier molecular flexibility index (Phi) is 12.5. The molecule has 8 unspecified atom stereocenters. The summed E-state index contributed by atoms with van der Waals surface area (Å²) in [5.41, 5.74) is 3.87. The molecule has 9 atom stereocenters. The van der Waals surface area contributed by atoms with E-state index in [1.807, 2.05) is 0 Å². The predicted octanol–water partition coefficient (Wildman–Crippen LogP) is 12.4. The Labute approximate surface area is 257 Å². The average Bonchev–Trinajstić information content (AvgIpc) is 3.54. The lowest BCUT2D eigenvalue weighted by Crippen LogP contribution is -2.48. The van der Waals surface area contributed by atoms with Gasteiger partial charge in [-0.2, -0.15) is 0 Å². The summed E-state index contributed by atoms with van der Waals surface area (Å²) in [6, 6.07) is 13.3. The summed E-state index contributed by atoms with van der Waals surface area (Å²) < 4.78 is 6.03. The van der Waals surface area contributed by atoms with Crippen LogP contribution >= 0.6 is 0 Å². The molecular formula is C39H68OSi. The number of fused-ring (bicyclic) bond motifs is 2. The van der Waals surface area contributed by atoms with Crippen LogP contribution in [-0.2, 0) is 4.74 Å². The number of ether oxygens (including phenoxy) is 1. The fourth-order valence-electron chi connectivity index (χ4n) is 10.8. The quantitative estimate of drug-likeness (QED) is 0.197. The zero-order chi connectivity index (χ0) is 29.5. The van der Waals surface area contributed by atoms with E-state index < -0.39 is 8.07 Å². The van der Waals surface area contributed by atoms with Gasteiger partial charge in [0.1, 0.15) is 0 Å². The molecule has 0 N–H and O–H groups in total. The third-order valence-corrected chi connectivity index (χ3v) is 18.5. The van der Waals surface area contributed by atoms with Crippen molar-refractivity contribution in [3.05, 3.63) is 35.9 Å². The van der Waals surface area contributed by atoms with Crippen LogP contribution < -0.4 is 0 Å². The van der Waals surface area contributed by atoms with Gasteiger partial charge in [-0.3, -0.25) is 0 Å². The van der Waals surface area contributed by atoms with E-state index in [1.165, 1.54) is 70.6 Å². The van der Waals surface area contributed by atoms with Crippen LogP contribution in [-0.4, -0.2) is 20.3 Å². The van der Waals surface area contributed by atoms with E-state index in [0.717, 1.165) is 53.2 Å². The maximum Gasteiger partial charge on any atom is 0.0598 e. The van der Waals surface area contributed by atoms with E-state index in [4.69, 9.17) is 4.74 Å². The molecule has 0 amide bonds. The van der Waals surface area contributed by atoms with Crippen LogP contribution in [0.4, 0.5) is 0 Å². The molecule has 4 fully saturated rings. The molecule has 4 aliphatic carbocycles. The summed E-state index contributed by atoms with van der Waals surface area (Å²) in [6.07, 6.45) is 22.1. The van der Waals surface area contributed by atoms with E-state index in [1.54, 1.807) is 37.3 Å². The molecule has 0 aromatic heterocycles. The highest BCUT2D eigenvalue weighted by atomic mass is 28.3. The van der Waals surface area contributed by atoms with Crippen LogP contribution in [0.3, 0.4) is 0 Å². The first-order valence-electron chi connectivity index (χ1n) is 18.4. The second-order valence-corrected chi connectivity index (χ2v) is 21.2. The van der Waals surface area contributed by atoms with Crippen molar-refractivity contribution >= 4 is 8.07 Å². The molecule has 1 nitrogen and oxygen atoms in total. The van der Waals surface area contributed by atoms with Gasteiger partial charge in [0.05, 0.1) is 13.7 Å². The Morgan fingerprint density at radius 3 is 2.20 bits per heavy atom. The monoisotopic (exact) mass is 581 g/mol. The maximum atomic E-state index is 6.03. The van der Waals surface area contributed by atoms with E-state index in [0.29, 0.717) is 0 Å². The van der Waals surface area contributed by atoms with E-state index in [2.05, 4.69) is 78.4 Å². The van der Waals surface area contributed by atoms with E-state index >= 15 is 0 Å². The summed E-state index contributed by atoms with van der Waals surface area (Å²) >= 11 is 0. The summed E-state index contributed by atoms with van der Waals surface area (Å²) in [7, 11) is -1.42. The molecule has 5 rings (SSSR count). The topological polar surface area (TPSA) is 9.23 Å². The SMILES string of the molecule is CC1CC2C(c3ccccc3)CCCC2C1[Si@@](C)(CCCCCCOC(C)(C)C)C1CCC2CCCCC21.CCC. The summed E-state index contributed by atoms with van der Waals surface area (Å²) in [4.78, 5) is 0. The first-order chi connectivity index (χ1) is 19.7. The number of hydrogen-bond donors (Lipinski definition) is 0. The molecule has 1 aromatic rings. The smallest absolute Gasteiger partial charge is 0.0598 e. The normalized spacial score (nSPS) is 34.7. The Bertz CT molecular complexity index is 875. The molecule has 0 spiro atoms. The first-order valence-corrected chi connectivity index (χ1v) is 21.2. The van der Waals surface area contributed by atoms with Crippen molar-refractivity contribution in [2.45, 2.75) is 173 Å². The van der Waals surface area contributed by atoms with Gasteiger partial charge in [-0.15, -0.1) is 0 Å². The van der Waals surface area contributed by atoms with Gasteiger partial charge >= 0.3 is 0 Å². The minimum absolute atomic E-state index is 0.0112. The van der Waals surface area contributed by atoms with Crippen molar-refractivity contribution in [2.24, 2.45) is 29.6 Å². The first kappa shape index (κ1) is 33.3. The Morgan fingerprint density at radius 2 is 1.46 bits per heavy atom. The van der Waals surface area contributed by atoms with Crippen molar-refractivity contribution in [1.29, 1.82) is 0 Å². The van der Waals surface area contributed by atoms with Crippen molar-refractivity contribution < 1.29 is 4.74 Å². The van der Waals surface area contributed by atoms with Crippen LogP contribution in [0.5, 0.6) is 0 Å². The lowest BCUT2D eigenvalue weighted by molar-refractivity contribution is -0.00471. The number of unbranched alkanes of at least 4 members (excludes halogenated alkanes) is 3. The standard InChI is InChI=1S/C36H60OSi.C3H8/c1-27-26-33-30(28-16-9-8-10-17-28)20-15-21-32(33)35(27)38(5,25-14-7-6-13-24-37-36(2,3)4)34-23-22-29-18-11-12-19-31(29)34;1-3-2/h8-10,16-17,27,29-35H,6-7,11-15,18-26H2,1-5H3;3H2,1-2H3/t27?,29?,30?,31?,32?,33?,34?,35?,38-;/m0./s1. The number of benzene rings is 1. The largest absolute Gasteiger partial charge is 0.376 e. The van der Waals surface area contributed by atoms with Crippen LogP contribution in [0.15, 0.2) is 30.3 Å². The maximum absolute atomic E-state index is 6.03. The van der Waals surface area contributed by atoms with Gasteiger partial charge < -0.3 is 4.74 Å². The molecule has 4 aliphatic rings. The average molecular weight is 581 g/mol. The lowest BCUT2D eigenvalue weighted by atomic mass is 9.71. The highest BCUT2D eigenvalue weighted by Gasteiger charge is 2.58. The van der Waals surface area contributed by atoms with Gasteiger partial charge in [-0.05, 0) is 92.2 Å². The van der Waals surface area contributed by atoms with Crippen molar-refractivity contribution in [3.8, 4) is 0 Å². The third kappa shape index (κ3) is 8.32. The second kappa shape index (κ2) is 15.4. The molecule has 0 aliphatic heterocycles. The van der Waals surface area contributed by atoms with Crippen LogP contribution in [0.1, 0.15) is 149 Å². The summed E-state index contributed by atoms with van der Waals surface area (Å²) in [6.45, 7) is 17.4. The number of hydrogen-bond acceptors (Lipinski definition) is 1. The molecule has 0 heterocycles. The molecule has 0 bridgehead atoms. The van der Waals surface area contributed by atoms with Crippen molar-refractivity contribution in [2.75, 3.05) is 6.61 Å². The second-order valence-electron chi connectivity index (χ2n) is 16.2. The van der Waals surface area contributed by atoms with Crippen LogP contribution in [0.25, 0.3) is 0 Å². The third-order valence-electron chi connectivity index (χ3n) is 12.2. The molecular weight excluding hydrogens is 513 g/mol. The van der Waals surface area contributed by atoms with E-state index in [-0.39, 0.29) is 5.60 Å². The van der Waals surface area contributed by atoms with Gasteiger partial charge in [0.25, 0.3) is 0 Å². The summed E-state index contributed by atoms with van der Waals surface area (Å²) in [5, 5.41) is 0. The fourth-order valence-corrected chi connectivity index (χ4v) is 18.1.